The predicted molar refractivity (Wildman–Crippen MR) is 224 cm³/mol. The van der Waals surface area contributed by atoms with E-state index in [1.165, 1.54) is 12.2 Å². The Morgan fingerprint density at radius 3 is 0.899 bits per heavy atom. The second kappa shape index (κ2) is 19.2. The Bertz CT molecular complexity index is 2860. The molecule has 0 amide bonds. The molecule has 0 spiro atoms. The molecule has 6 rings (SSSR count). The van der Waals surface area contributed by atoms with E-state index in [4.69, 9.17) is 23.7 Å². The Balaban J connectivity index is 1.41. The summed E-state index contributed by atoms with van der Waals surface area (Å²) in [7, 11) is 0. The third-order valence-electron chi connectivity index (χ3n) is 9.95. The number of carboxylic acids is 8. The summed E-state index contributed by atoms with van der Waals surface area (Å²) in [5.41, 5.74) is -10.8. The number of esters is 2. The Kier molecular flexibility index (Phi) is 13.5. The van der Waals surface area contributed by atoms with E-state index in [0.29, 0.717) is 0 Å². The third-order valence-corrected chi connectivity index (χ3v) is 9.95. The molecule has 8 N–H and O–H groups in total. The predicted octanol–water partition coefficient (Wildman–Crippen LogP) is 5.12. The molecular formula is C46H30O23. The van der Waals surface area contributed by atoms with Crippen molar-refractivity contribution < 1.29 is 112 Å². The molecule has 23 nitrogen and oxygen atoms in total. The summed E-state index contributed by atoms with van der Waals surface area (Å²) in [5.74, 6) is -18.5. The van der Waals surface area contributed by atoms with Crippen molar-refractivity contribution in [3.63, 3.8) is 0 Å². The van der Waals surface area contributed by atoms with Crippen LogP contribution in [0.2, 0.25) is 0 Å². The van der Waals surface area contributed by atoms with Crippen molar-refractivity contribution in [2.45, 2.75) is 24.0 Å². The second-order valence-electron chi connectivity index (χ2n) is 14.5. The summed E-state index contributed by atoms with van der Waals surface area (Å²) in [4.78, 5) is 124. The van der Waals surface area contributed by atoms with Crippen LogP contribution in [0.25, 0.3) is 0 Å². The van der Waals surface area contributed by atoms with Crippen LogP contribution < -0.4 is 18.9 Å². The molecule has 69 heavy (non-hydrogen) atoms. The topological polar surface area (TPSA) is 379 Å². The molecule has 4 aromatic carbocycles. The average Bonchev–Trinajstić information content (AvgIpc) is 3.28. The van der Waals surface area contributed by atoms with Gasteiger partial charge in [-0.15, -0.1) is 0 Å². The molecule has 0 radical (unpaired) electrons. The van der Waals surface area contributed by atoms with Gasteiger partial charge in [-0.25, -0.2) is 47.9 Å². The Hall–Kier alpha value is -10.1. The number of hydrogen-bond donors (Lipinski definition) is 8. The molecule has 0 bridgehead atoms. The SMILES string of the molecule is O=C(O)c1ccc(OC2=CC=CC(Oc3ccc(C(=O)O)c(C(=O)O)c3)(C(=O)OC(=O)C3(Oc4ccc(C(=O)O)c(C(=O)O)c4)C=CC=C(Oc4ccc(C(=O)O)c(C(=O)O)c4)C3)C2)cc1C(=O)O. The lowest BCUT2D eigenvalue weighted by molar-refractivity contribution is -0.177. The lowest BCUT2D eigenvalue weighted by Crippen LogP contribution is -2.52. The molecule has 0 aliphatic heterocycles. The van der Waals surface area contributed by atoms with Gasteiger partial charge in [-0.1, -0.05) is 12.2 Å². The molecule has 0 saturated carbocycles. The molecule has 4 aromatic rings. The van der Waals surface area contributed by atoms with Gasteiger partial charge in [0.05, 0.1) is 57.3 Å². The fourth-order valence-corrected chi connectivity index (χ4v) is 6.80. The van der Waals surface area contributed by atoms with Crippen LogP contribution in [0.3, 0.4) is 0 Å². The van der Waals surface area contributed by atoms with Crippen LogP contribution in [0, 0.1) is 0 Å². The van der Waals surface area contributed by atoms with Gasteiger partial charge >= 0.3 is 59.7 Å². The highest BCUT2D eigenvalue weighted by atomic mass is 16.6. The van der Waals surface area contributed by atoms with Crippen molar-refractivity contribution in [1.29, 1.82) is 0 Å². The minimum absolute atomic E-state index is 0.251. The molecule has 23 heteroatoms. The normalized spacial score (nSPS) is 16.9. The lowest BCUT2D eigenvalue weighted by Gasteiger charge is -2.35. The molecule has 0 fully saturated rings. The maximum absolute atomic E-state index is 14.6. The van der Waals surface area contributed by atoms with E-state index in [2.05, 4.69) is 0 Å². The first kappa shape index (κ1) is 48.4. The molecule has 2 aliphatic carbocycles. The fourth-order valence-electron chi connectivity index (χ4n) is 6.80. The van der Waals surface area contributed by atoms with Gasteiger partial charge in [-0.05, 0) is 97.1 Å². The van der Waals surface area contributed by atoms with Crippen molar-refractivity contribution in [1.82, 2.24) is 0 Å². The summed E-state index contributed by atoms with van der Waals surface area (Å²) >= 11 is 0. The average molecular weight is 951 g/mol. The first-order valence-corrected chi connectivity index (χ1v) is 19.2. The summed E-state index contributed by atoms with van der Waals surface area (Å²) in [6.07, 6.45) is 5.21. The first-order valence-electron chi connectivity index (χ1n) is 19.2. The number of carboxylic acid groups (broad SMARTS) is 8. The summed E-state index contributed by atoms with van der Waals surface area (Å²) in [5, 5.41) is 77.0. The molecule has 352 valence electrons. The molecular weight excluding hydrogens is 920 g/mol. The fraction of sp³-hybridized carbons (Fsp3) is 0.0870. The van der Waals surface area contributed by atoms with E-state index < -0.39 is 140 Å². The zero-order valence-electron chi connectivity index (χ0n) is 34.5. The molecule has 0 heterocycles. The quantitative estimate of drug-likeness (QED) is 0.0473. The molecule has 0 saturated heterocycles. The monoisotopic (exact) mass is 950 g/mol. The van der Waals surface area contributed by atoms with Gasteiger partial charge < -0.3 is 64.5 Å². The van der Waals surface area contributed by atoms with Crippen LogP contribution in [-0.4, -0.2) is 112 Å². The number of aromatic carboxylic acids is 8. The van der Waals surface area contributed by atoms with Gasteiger partial charge in [0.2, 0.25) is 11.2 Å². The van der Waals surface area contributed by atoms with E-state index in [0.717, 1.165) is 97.1 Å². The van der Waals surface area contributed by atoms with Crippen molar-refractivity contribution >= 4 is 59.7 Å². The van der Waals surface area contributed by atoms with Gasteiger partial charge in [0.15, 0.2) is 0 Å². The van der Waals surface area contributed by atoms with Crippen LogP contribution in [0.4, 0.5) is 0 Å². The van der Waals surface area contributed by atoms with Gasteiger partial charge in [0.25, 0.3) is 0 Å². The highest BCUT2D eigenvalue weighted by Crippen LogP contribution is 2.37. The van der Waals surface area contributed by atoms with E-state index in [1.807, 2.05) is 0 Å². The van der Waals surface area contributed by atoms with Gasteiger partial charge in [-0.2, -0.15) is 0 Å². The minimum atomic E-state index is -2.59. The minimum Gasteiger partial charge on any atom is -0.478 e. The zero-order chi connectivity index (χ0) is 50.5. The van der Waals surface area contributed by atoms with E-state index in [1.54, 1.807) is 0 Å². The number of allylic oxidation sites excluding steroid dienone is 4. The van der Waals surface area contributed by atoms with Gasteiger partial charge in [-0.3, -0.25) is 0 Å². The molecule has 2 unspecified atom stereocenters. The largest absolute Gasteiger partial charge is 0.478 e. The maximum atomic E-state index is 14.6. The summed E-state index contributed by atoms with van der Waals surface area (Å²) in [6.45, 7) is 0. The Morgan fingerprint density at radius 2 is 0.623 bits per heavy atom. The molecule has 2 aliphatic rings. The lowest BCUT2D eigenvalue weighted by atomic mass is 9.91. The van der Waals surface area contributed by atoms with E-state index in [9.17, 15) is 88.8 Å². The number of ether oxygens (including phenoxy) is 5. The molecule has 2 atom stereocenters. The highest BCUT2D eigenvalue weighted by Gasteiger charge is 2.50. The molecule has 0 aromatic heterocycles. The van der Waals surface area contributed by atoms with E-state index in [-0.39, 0.29) is 23.0 Å². The number of hydrogen-bond acceptors (Lipinski definition) is 15. The van der Waals surface area contributed by atoms with Crippen LogP contribution in [-0.2, 0) is 14.3 Å². The smallest absolute Gasteiger partial charge is 0.362 e. The zero-order valence-corrected chi connectivity index (χ0v) is 34.5. The van der Waals surface area contributed by atoms with Crippen LogP contribution in [0.15, 0.2) is 121 Å². The van der Waals surface area contributed by atoms with Gasteiger partial charge in [0, 0.05) is 0 Å². The second-order valence-corrected chi connectivity index (χ2v) is 14.5. The Morgan fingerprint density at radius 1 is 0.362 bits per heavy atom. The van der Waals surface area contributed by atoms with Crippen molar-refractivity contribution in [3.8, 4) is 23.0 Å². The van der Waals surface area contributed by atoms with Crippen LogP contribution in [0.5, 0.6) is 23.0 Å². The van der Waals surface area contributed by atoms with Crippen molar-refractivity contribution in [2.24, 2.45) is 0 Å². The van der Waals surface area contributed by atoms with Crippen molar-refractivity contribution in [2.75, 3.05) is 0 Å². The third kappa shape index (κ3) is 10.4. The van der Waals surface area contributed by atoms with Crippen molar-refractivity contribution in [3.05, 3.63) is 165 Å². The maximum Gasteiger partial charge on any atom is 0.362 e. The highest BCUT2D eigenvalue weighted by molar-refractivity contribution is 6.04. The van der Waals surface area contributed by atoms with Crippen LogP contribution >= 0.6 is 0 Å². The first-order chi connectivity index (χ1) is 32.5. The van der Waals surface area contributed by atoms with Gasteiger partial charge in [0.1, 0.15) is 34.5 Å². The number of carbonyl (C=O) groups is 10. The summed E-state index contributed by atoms with van der Waals surface area (Å²) < 4.78 is 29.1. The number of benzene rings is 4. The summed E-state index contributed by atoms with van der Waals surface area (Å²) in [6, 6.07) is 10.8. The van der Waals surface area contributed by atoms with Crippen LogP contribution in [0.1, 0.15) is 95.7 Å². The Labute approximate surface area is 383 Å². The number of rotatable bonds is 18. The number of carbonyl (C=O) groups excluding carboxylic acids is 2. The van der Waals surface area contributed by atoms with E-state index >= 15 is 0 Å². The standard InChI is InChI=1S/C46H30O23/c47-35(48)27-9-5-21(15-31(27)39(55)56)65-25-3-1-13-45(19-25,68-23-7-11-29(37(51)52)33(17-23)41(59)60)43(63)67-44(64)46(69-24-8-12-30(38(53)54)34(18-24)42(61)62)14-2-4-26(20-46)66-22-6-10-28(36(49)50)32(16-22)40(57)58/h1-18H,19-20H2,(H,47,48)(H,49,50)(H,51,52)(H,53,54)(H,55,56)(H,57,58)(H,59,60)(H,61,62).